The van der Waals surface area contributed by atoms with E-state index in [1.165, 1.54) is 6.07 Å². The quantitative estimate of drug-likeness (QED) is 0.624. The number of para-hydroxylation sites is 1. The second-order valence-electron chi connectivity index (χ2n) is 6.81. The van der Waals surface area contributed by atoms with E-state index >= 15 is 0 Å². The van der Waals surface area contributed by atoms with Gasteiger partial charge in [0.05, 0.1) is 5.56 Å². The Morgan fingerprint density at radius 3 is 2.38 bits per heavy atom. The molecule has 3 nitrogen and oxygen atoms in total. The highest BCUT2D eigenvalue weighted by Gasteiger charge is 2.31. The molecular formula is C23H22F3N2O+. The van der Waals surface area contributed by atoms with Gasteiger partial charge < -0.3 is 10.6 Å². The first-order valence-corrected chi connectivity index (χ1v) is 9.29. The second-order valence-corrected chi connectivity index (χ2v) is 6.81. The number of anilines is 1. The summed E-state index contributed by atoms with van der Waals surface area (Å²) in [5.41, 5.74) is 2.44. The number of nitrogens with two attached hydrogens (primary N) is 1. The fourth-order valence-electron chi connectivity index (χ4n) is 3.08. The molecule has 0 saturated carbocycles. The van der Waals surface area contributed by atoms with E-state index in [9.17, 15) is 18.0 Å². The lowest BCUT2D eigenvalue weighted by Gasteiger charge is -2.14. The first kappa shape index (κ1) is 20.6. The summed E-state index contributed by atoms with van der Waals surface area (Å²) in [6, 6.07) is 22.1. The summed E-state index contributed by atoms with van der Waals surface area (Å²) in [7, 11) is 0. The molecular weight excluding hydrogens is 377 g/mol. The van der Waals surface area contributed by atoms with Gasteiger partial charge in [0.25, 0.3) is 5.91 Å². The maximum absolute atomic E-state index is 12.9. The van der Waals surface area contributed by atoms with Crippen molar-refractivity contribution in [3.8, 4) is 11.1 Å². The number of carbonyl (C=O) groups is 1. The largest absolute Gasteiger partial charge is 0.416 e. The van der Waals surface area contributed by atoms with Crippen molar-refractivity contribution in [3.05, 3.63) is 90.0 Å². The molecule has 0 saturated heterocycles. The number of rotatable bonds is 6. The van der Waals surface area contributed by atoms with Crippen LogP contribution in [-0.2, 0) is 11.0 Å². The van der Waals surface area contributed by atoms with Crippen molar-refractivity contribution >= 4 is 11.6 Å². The van der Waals surface area contributed by atoms with Gasteiger partial charge in [-0.3, -0.25) is 4.79 Å². The minimum Gasteiger partial charge on any atom is -0.333 e. The third-order valence-electron chi connectivity index (χ3n) is 4.68. The van der Waals surface area contributed by atoms with Gasteiger partial charge in [-0.1, -0.05) is 60.7 Å². The molecule has 1 atom stereocenters. The summed E-state index contributed by atoms with van der Waals surface area (Å²) in [5, 5.41) is 4.62. The van der Waals surface area contributed by atoms with Crippen LogP contribution in [0.3, 0.4) is 0 Å². The lowest BCUT2D eigenvalue weighted by atomic mass is 10.0. The molecule has 3 aromatic rings. The standard InChI is InChI=1S/C23H21F3N2O/c1-16(18-10-7-11-19(14-18)23(24,25)26)27-15-22(29)28-21-13-6-5-12-20(21)17-8-3-2-4-9-17/h2-14,16,27H,15H2,1H3,(H,28,29)/p+1/t16-/m1/s1. The zero-order valence-corrected chi connectivity index (χ0v) is 15.9. The Kier molecular flexibility index (Phi) is 6.34. The Bertz CT molecular complexity index is 971. The smallest absolute Gasteiger partial charge is 0.333 e. The number of quaternary nitrogens is 1. The van der Waals surface area contributed by atoms with Crippen molar-refractivity contribution in [1.29, 1.82) is 0 Å². The second kappa shape index (κ2) is 8.92. The maximum atomic E-state index is 12.9. The summed E-state index contributed by atoms with van der Waals surface area (Å²) in [4.78, 5) is 12.4. The average Bonchev–Trinajstić information content (AvgIpc) is 2.72. The van der Waals surface area contributed by atoms with Gasteiger partial charge in [0.15, 0.2) is 6.54 Å². The van der Waals surface area contributed by atoms with E-state index < -0.39 is 11.7 Å². The Balaban J connectivity index is 1.64. The van der Waals surface area contributed by atoms with Crippen LogP contribution in [0, 0.1) is 0 Å². The first-order valence-electron chi connectivity index (χ1n) is 9.29. The van der Waals surface area contributed by atoms with Crippen molar-refractivity contribution in [1.82, 2.24) is 0 Å². The van der Waals surface area contributed by atoms with E-state index in [0.717, 1.165) is 23.3 Å². The molecule has 3 N–H and O–H groups in total. The molecule has 1 amide bonds. The SMILES string of the molecule is C[C@@H]([NH2+]CC(=O)Nc1ccccc1-c1ccccc1)c1cccc(C(F)(F)F)c1. The molecule has 0 aliphatic rings. The Hall–Kier alpha value is -3.12. The summed E-state index contributed by atoms with van der Waals surface area (Å²) in [5.74, 6) is -0.216. The molecule has 0 fully saturated rings. The molecule has 0 aromatic heterocycles. The van der Waals surface area contributed by atoms with Gasteiger partial charge in [-0.2, -0.15) is 13.2 Å². The van der Waals surface area contributed by atoms with Gasteiger partial charge in [0.1, 0.15) is 6.04 Å². The zero-order valence-electron chi connectivity index (χ0n) is 15.9. The monoisotopic (exact) mass is 399 g/mol. The molecule has 0 bridgehead atoms. The average molecular weight is 399 g/mol. The molecule has 3 rings (SSSR count). The third-order valence-corrected chi connectivity index (χ3v) is 4.68. The number of hydrogen-bond acceptors (Lipinski definition) is 1. The maximum Gasteiger partial charge on any atom is 0.416 e. The number of alkyl halides is 3. The molecule has 0 radical (unpaired) electrons. The first-order chi connectivity index (χ1) is 13.8. The van der Waals surface area contributed by atoms with E-state index in [1.54, 1.807) is 18.3 Å². The topological polar surface area (TPSA) is 45.7 Å². The van der Waals surface area contributed by atoms with E-state index in [-0.39, 0.29) is 18.5 Å². The minimum atomic E-state index is -4.38. The third kappa shape index (κ3) is 5.45. The fourth-order valence-corrected chi connectivity index (χ4v) is 3.08. The molecule has 0 spiro atoms. The highest BCUT2D eigenvalue weighted by molar-refractivity contribution is 5.95. The molecule has 0 aliphatic heterocycles. The summed E-state index contributed by atoms with van der Waals surface area (Å²) in [6.07, 6.45) is -4.38. The van der Waals surface area contributed by atoms with Crippen LogP contribution in [0.15, 0.2) is 78.9 Å². The summed E-state index contributed by atoms with van der Waals surface area (Å²) >= 11 is 0. The molecule has 3 aromatic carbocycles. The van der Waals surface area contributed by atoms with Gasteiger partial charge >= 0.3 is 6.18 Å². The van der Waals surface area contributed by atoms with E-state index in [0.29, 0.717) is 11.3 Å². The molecule has 0 heterocycles. The van der Waals surface area contributed by atoms with Crippen molar-refractivity contribution in [2.45, 2.75) is 19.1 Å². The fraction of sp³-hybridized carbons (Fsp3) is 0.174. The summed E-state index contributed by atoms with van der Waals surface area (Å²) in [6.45, 7) is 1.88. The predicted molar refractivity (Wildman–Crippen MR) is 107 cm³/mol. The Labute approximate surface area is 167 Å². The highest BCUT2D eigenvalue weighted by atomic mass is 19.4. The summed E-state index contributed by atoms with van der Waals surface area (Å²) < 4.78 is 38.7. The minimum absolute atomic E-state index is 0.0978. The number of benzene rings is 3. The van der Waals surface area contributed by atoms with Crippen molar-refractivity contribution in [2.24, 2.45) is 0 Å². The number of halogens is 3. The number of hydrogen-bond donors (Lipinski definition) is 2. The van der Waals surface area contributed by atoms with Gasteiger partial charge in [0, 0.05) is 16.8 Å². The van der Waals surface area contributed by atoms with E-state index in [2.05, 4.69) is 5.32 Å². The lowest BCUT2D eigenvalue weighted by Crippen LogP contribution is -2.86. The van der Waals surface area contributed by atoms with Crippen LogP contribution < -0.4 is 10.6 Å². The molecule has 0 aliphatic carbocycles. The van der Waals surface area contributed by atoms with Crippen LogP contribution in [0.5, 0.6) is 0 Å². The molecule has 29 heavy (non-hydrogen) atoms. The number of carbonyl (C=O) groups excluding carboxylic acids is 1. The van der Waals surface area contributed by atoms with Crippen molar-refractivity contribution in [2.75, 3.05) is 11.9 Å². The van der Waals surface area contributed by atoms with Crippen molar-refractivity contribution < 1.29 is 23.3 Å². The van der Waals surface area contributed by atoms with Crippen LogP contribution in [0.25, 0.3) is 11.1 Å². The van der Waals surface area contributed by atoms with Gasteiger partial charge in [-0.05, 0) is 30.7 Å². The van der Waals surface area contributed by atoms with Crippen LogP contribution >= 0.6 is 0 Å². The van der Waals surface area contributed by atoms with Crippen LogP contribution in [0.1, 0.15) is 24.1 Å². The molecule has 6 heteroatoms. The van der Waals surface area contributed by atoms with E-state index in [4.69, 9.17) is 0 Å². The lowest BCUT2D eigenvalue weighted by molar-refractivity contribution is -0.682. The normalized spacial score (nSPS) is 12.4. The van der Waals surface area contributed by atoms with Crippen LogP contribution in [0.2, 0.25) is 0 Å². The number of nitrogens with one attached hydrogen (secondary N) is 1. The van der Waals surface area contributed by atoms with Gasteiger partial charge in [0.2, 0.25) is 0 Å². The Morgan fingerprint density at radius 2 is 1.66 bits per heavy atom. The zero-order chi connectivity index (χ0) is 20.9. The van der Waals surface area contributed by atoms with Crippen LogP contribution in [-0.4, -0.2) is 12.5 Å². The van der Waals surface area contributed by atoms with Crippen molar-refractivity contribution in [3.63, 3.8) is 0 Å². The molecule has 0 unspecified atom stereocenters. The Morgan fingerprint density at radius 1 is 0.966 bits per heavy atom. The van der Waals surface area contributed by atoms with Crippen LogP contribution in [0.4, 0.5) is 18.9 Å². The molecule has 150 valence electrons. The van der Waals surface area contributed by atoms with E-state index in [1.807, 2.05) is 54.6 Å². The number of amides is 1. The predicted octanol–water partition coefficient (Wildman–Crippen LogP) is 4.64. The van der Waals surface area contributed by atoms with Gasteiger partial charge in [-0.25, -0.2) is 0 Å². The highest BCUT2D eigenvalue weighted by Crippen LogP contribution is 2.30. The van der Waals surface area contributed by atoms with Gasteiger partial charge in [-0.15, -0.1) is 0 Å².